The Hall–Kier alpha value is -1.69. The monoisotopic (exact) mass is 336 g/mol. The lowest BCUT2D eigenvalue weighted by Gasteiger charge is -2.14. The zero-order valence-corrected chi connectivity index (χ0v) is 13.8. The fraction of sp³-hybridized carbons (Fsp3) is 0.188. The number of hydrogen-bond acceptors (Lipinski definition) is 3. The second-order valence-electron chi connectivity index (χ2n) is 4.79. The quantitative estimate of drug-likeness (QED) is 0.814. The third kappa shape index (κ3) is 4.94. The molecule has 0 amide bonds. The first-order valence-electron chi connectivity index (χ1n) is 6.77. The molecule has 4 nitrogen and oxygen atoms in total. The van der Waals surface area contributed by atoms with Gasteiger partial charge in [-0.2, -0.15) is 0 Å². The normalized spacial score (nSPS) is 12.1. The Kier molecular flexibility index (Phi) is 5.71. The molecular formula is C16H17ClN2O2S. The van der Waals surface area contributed by atoms with Crippen LogP contribution in [0.25, 0.3) is 6.08 Å². The summed E-state index contributed by atoms with van der Waals surface area (Å²) in [6.07, 6.45) is 3.83. The standard InChI is InChI=1S/C16H17ClN2O2S/c1-19(12-9-16-4-2-3-11-18-16)22(20,21)13-10-14-5-7-15(17)8-6-14/h2-8,10-11,13H,9,12H2,1H3. The highest BCUT2D eigenvalue weighted by molar-refractivity contribution is 7.92. The predicted octanol–water partition coefficient (Wildman–Crippen LogP) is 3.21. The van der Waals surface area contributed by atoms with Gasteiger partial charge in [0.05, 0.1) is 0 Å². The van der Waals surface area contributed by atoms with E-state index in [0.29, 0.717) is 18.0 Å². The van der Waals surface area contributed by atoms with Crippen molar-refractivity contribution in [1.82, 2.24) is 9.29 Å². The van der Waals surface area contributed by atoms with E-state index in [1.54, 1.807) is 43.6 Å². The van der Waals surface area contributed by atoms with Crippen LogP contribution in [0.1, 0.15) is 11.3 Å². The van der Waals surface area contributed by atoms with E-state index in [1.165, 1.54) is 9.71 Å². The number of benzene rings is 1. The summed E-state index contributed by atoms with van der Waals surface area (Å²) in [6.45, 7) is 0.379. The van der Waals surface area contributed by atoms with Gasteiger partial charge in [0.25, 0.3) is 0 Å². The number of pyridine rings is 1. The van der Waals surface area contributed by atoms with Crippen LogP contribution in [-0.4, -0.2) is 31.3 Å². The molecule has 0 aliphatic carbocycles. The van der Waals surface area contributed by atoms with Crippen LogP contribution in [0.15, 0.2) is 54.1 Å². The molecule has 116 valence electrons. The topological polar surface area (TPSA) is 50.3 Å². The molecule has 0 bridgehead atoms. The minimum absolute atomic E-state index is 0.379. The molecule has 0 aliphatic rings. The number of hydrogen-bond donors (Lipinski definition) is 0. The van der Waals surface area contributed by atoms with Crippen LogP contribution in [0.4, 0.5) is 0 Å². The van der Waals surface area contributed by atoms with Gasteiger partial charge in [0.2, 0.25) is 10.0 Å². The molecule has 1 heterocycles. The molecule has 2 aromatic rings. The van der Waals surface area contributed by atoms with Crippen LogP contribution >= 0.6 is 11.6 Å². The highest BCUT2D eigenvalue weighted by Gasteiger charge is 2.13. The van der Waals surface area contributed by atoms with Crippen molar-refractivity contribution in [3.8, 4) is 0 Å². The highest BCUT2D eigenvalue weighted by Crippen LogP contribution is 2.12. The van der Waals surface area contributed by atoms with Crippen molar-refractivity contribution in [2.75, 3.05) is 13.6 Å². The van der Waals surface area contributed by atoms with Gasteiger partial charge in [-0.3, -0.25) is 4.98 Å². The zero-order chi connectivity index (χ0) is 16.0. The van der Waals surface area contributed by atoms with E-state index in [9.17, 15) is 8.42 Å². The van der Waals surface area contributed by atoms with Crippen molar-refractivity contribution in [3.63, 3.8) is 0 Å². The van der Waals surface area contributed by atoms with Gasteiger partial charge in [-0.15, -0.1) is 0 Å². The summed E-state index contributed by atoms with van der Waals surface area (Å²) in [7, 11) is -1.89. The van der Waals surface area contributed by atoms with Crippen molar-refractivity contribution in [2.24, 2.45) is 0 Å². The molecule has 0 atom stereocenters. The number of nitrogens with zero attached hydrogens (tertiary/aromatic N) is 2. The summed E-state index contributed by atoms with van der Waals surface area (Å²) in [6, 6.07) is 12.6. The van der Waals surface area contributed by atoms with Crippen LogP contribution in [-0.2, 0) is 16.4 Å². The van der Waals surface area contributed by atoms with E-state index < -0.39 is 10.0 Å². The van der Waals surface area contributed by atoms with Crippen molar-refractivity contribution >= 4 is 27.7 Å². The van der Waals surface area contributed by atoms with Gasteiger partial charge < -0.3 is 0 Å². The van der Waals surface area contributed by atoms with E-state index in [2.05, 4.69) is 4.98 Å². The minimum Gasteiger partial charge on any atom is -0.261 e. The van der Waals surface area contributed by atoms with Gasteiger partial charge in [0.1, 0.15) is 0 Å². The van der Waals surface area contributed by atoms with Crippen LogP contribution < -0.4 is 0 Å². The summed E-state index contributed by atoms with van der Waals surface area (Å²) >= 11 is 5.80. The average molecular weight is 337 g/mol. The maximum absolute atomic E-state index is 12.2. The molecule has 6 heteroatoms. The van der Waals surface area contributed by atoms with Crippen molar-refractivity contribution < 1.29 is 8.42 Å². The Labute approximate surface area is 136 Å². The van der Waals surface area contributed by atoms with E-state index in [0.717, 1.165) is 11.3 Å². The third-order valence-electron chi connectivity index (χ3n) is 3.15. The van der Waals surface area contributed by atoms with Crippen molar-refractivity contribution in [1.29, 1.82) is 0 Å². The summed E-state index contributed by atoms with van der Waals surface area (Å²) in [4.78, 5) is 4.18. The predicted molar refractivity (Wildman–Crippen MR) is 90.0 cm³/mol. The van der Waals surface area contributed by atoms with Gasteiger partial charge in [-0.05, 0) is 35.9 Å². The number of sulfonamides is 1. The number of rotatable bonds is 6. The summed E-state index contributed by atoms with van der Waals surface area (Å²) < 4.78 is 25.7. The second-order valence-corrected chi connectivity index (χ2v) is 7.15. The SMILES string of the molecule is CN(CCc1ccccn1)S(=O)(=O)C=Cc1ccc(Cl)cc1. The summed E-state index contributed by atoms with van der Waals surface area (Å²) in [5, 5.41) is 1.82. The summed E-state index contributed by atoms with van der Waals surface area (Å²) in [5.41, 5.74) is 1.65. The first kappa shape index (κ1) is 16.7. The highest BCUT2D eigenvalue weighted by atomic mass is 35.5. The van der Waals surface area contributed by atoms with Crippen LogP contribution in [0.5, 0.6) is 0 Å². The zero-order valence-electron chi connectivity index (χ0n) is 12.2. The van der Waals surface area contributed by atoms with Crippen LogP contribution in [0, 0.1) is 0 Å². The first-order valence-corrected chi connectivity index (χ1v) is 8.65. The Morgan fingerprint density at radius 3 is 2.55 bits per heavy atom. The first-order chi connectivity index (χ1) is 10.5. The second kappa shape index (κ2) is 7.54. The smallest absolute Gasteiger partial charge is 0.235 e. The molecule has 0 fully saturated rings. The van der Waals surface area contributed by atoms with E-state index in [4.69, 9.17) is 11.6 Å². The molecule has 0 unspecified atom stereocenters. The molecule has 0 N–H and O–H groups in total. The van der Waals surface area contributed by atoms with E-state index >= 15 is 0 Å². The van der Waals surface area contributed by atoms with Gasteiger partial charge in [-0.25, -0.2) is 12.7 Å². The fourth-order valence-corrected chi connectivity index (χ4v) is 2.80. The van der Waals surface area contributed by atoms with Gasteiger partial charge in [0.15, 0.2) is 0 Å². The number of halogens is 1. The molecule has 0 saturated heterocycles. The summed E-state index contributed by atoms with van der Waals surface area (Å²) in [5.74, 6) is 0. The molecule has 22 heavy (non-hydrogen) atoms. The van der Waals surface area contributed by atoms with Crippen molar-refractivity contribution in [3.05, 3.63) is 70.3 Å². The molecule has 0 spiro atoms. The van der Waals surface area contributed by atoms with Crippen molar-refractivity contribution in [2.45, 2.75) is 6.42 Å². The van der Waals surface area contributed by atoms with Gasteiger partial charge in [0, 0.05) is 42.3 Å². The molecule has 0 radical (unpaired) electrons. The third-order valence-corrected chi connectivity index (χ3v) is 4.93. The molecule has 1 aromatic heterocycles. The minimum atomic E-state index is -3.45. The van der Waals surface area contributed by atoms with E-state index in [1.807, 2.05) is 18.2 Å². The largest absolute Gasteiger partial charge is 0.261 e. The van der Waals surface area contributed by atoms with Crippen LogP contribution in [0.2, 0.25) is 5.02 Å². The average Bonchev–Trinajstić information content (AvgIpc) is 2.53. The molecule has 1 aromatic carbocycles. The Bertz CT molecular complexity index is 729. The van der Waals surface area contributed by atoms with Gasteiger partial charge >= 0.3 is 0 Å². The lowest BCUT2D eigenvalue weighted by molar-refractivity contribution is 0.479. The Balaban J connectivity index is 1.98. The molecular weight excluding hydrogens is 320 g/mol. The molecule has 2 rings (SSSR count). The number of aromatic nitrogens is 1. The van der Waals surface area contributed by atoms with E-state index in [-0.39, 0.29) is 0 Å². The maximum Gasteiger partial charge on any atom is 0.235 e. The molecule has 0 aliphatic heterocycles. The molecule has 0 saturated carbocycles. The number of likely N-dealkylation sites (N-methyl/N-ethyl adjacent to an activating group) is 1. The lowest BCUT2D eigenvalue weighted by atomic mass is 10.2. The fourth-order valence-electron chi connectivity index (χ4n) is 1.79. The maximum atomic E-state index is 12.2. The lowest BCUT2D eigenvalue weighted by Crippen LogP contribution is -2.27. The van der Waals surface area contributed by atoms with Crippen LogP contribution in [0.3, 0.4) is 0 Å². The Morgan fingerprint density at radius 2 is 1.91 bits per heavy atom. The van der Waals surface area contributed by atoms with Gasteiger partial charge in [-0.1, -0.05) is 29.8 Å². The Morgan fingerprint density at radius 1 is 1.18 bits per heavy atom.